The van der Waals surface area contributed by atoms with Crippen molar-refractivity contribution in [1.29, 1.82) is 0 Å². The Morgan fingerprint density at radius 2 is 2.00 bits per heavy atom. The van der Waals surface area contributed by atoms with Gasteiger partial charge in [0.15, 0.2) is 0 Å². The number of carbonyl (C=O) groups excluding carboxylic acids is 1. The lowest BCUT2D eigenvalue weighted by Gasteiger charge is -2.24. The van der Waals surface area contributed by atoms with E-state index in [0.29, 0.717) is 12.0 Å². The SMILES string of the molecule is CCC(C)C1NC(c2ccc(OC)cc2)N(C2CC2)C1=O. The molecule has 1 aliphatic carbocycles. The molecule has 2 aliphatic rings. The van der Waals surface area contributed by atoms with Gasteiger partial charge >= 0.3 is 0 Å². The number of rotatable bonds is 5. The molecule has 1 heterocycles. The molecule has 2 fully saturated rings. The summed E-state index contributed by atoms with van der Waals surface area (Å²) in [6.45, 7) is 4.29. The zero-order valence-electron chi connectivity index (χ0n) is 13.0. The van der Waals surface area contributed by atoms with Crippen LogP contribution < -0.4 is 10.1 Å². The first kappa shape index (κ1) is 14.4. The van der Waals surface area contributed by atoms with Gasteiger partial charge in [-0.2, -0.15) is 0 Å². The van der Waals surface area contributed by atoms with Gasteiger partial charge in [-0.1, -0.05) is 32.4 Å². The normalized spacial score (nSPS) is 27.0. The average molecular weight is 288 g/mol. The minimum Gasteiger partial charge on any atom is -0.497 e. The van der Waals surface area contributed by atoms with E-state index < -0.39 is 0 Å². The fraction of sp³-hybridized carbons (Fsp3) is 0.588. The molecule has 1 aliphatic heterocycles. The second kappa shape index (κ2) is 5.68. The predicted octanol–water partition coefficient (Wildman–Crippen LogP) is 2.70. The van der Waals surface area contributed by atoms with Crippen molar-refractivity contribution < 1.29 is 9.53 Å². The summed E-state index contributed by atoms with van der Waals surface area (Å²) in [6.07, 6.45) is 3.28. The summed E-state index contributed by atoms with van der Waals surface area (Å²) >= 11 is 0. The summed E-state index contributed by atoms with van der Waals surface area (Å²) in [5, 5.41) is 3.55. The number of amides is 1. The van der Waals surface area contributed by atoms with Crippen LogP contribution >= 0.6 is 0 Å². The van der Waals surface area contributed by atoms with Crippen LogP contribution in [0.15, 0.2) is 24.3 Å². The largest absolute Gasteiger partial charge is 0.497 e. The number of methoxy groups -OCH3 is 1. The standard InChI is InChI=1S/C17H24N2O2/c1-4-11(2)15-17(20)19(13-7-8-13)16(18-15)12-5-9-14(21-3)10-6-12/h5-6,9-11,13,15-16,18H,4,7-8H2,1-3H3. The van der Waals surface area contributed by atoms with Crippen LogP contribution in [0.4, 0.5) is 0 Å². The molecule has 1 saturated carbocycles. The molecule has 1 N–H and O–H groups in total. The summed E-state index contributed by atoms with van der Waals surface area (Å²) in [5.74, 6) is 1.48. The number of ether oxygens (including phenoxy) is 1. The van der Waals surface area contributed by atoms with Crippen molar-refractivity contribution in [3.05, 3.63) is 29.8 Å². The molecule has 1 aromatic rings. The van der Waals surface area contributed by atoms with Crippen LogP contribution in [0.25, 0.3) is 0 Å². The highest BCUT2D eigenvalue weighted by atomic mass is 16.5. The lowest BCUT2D eigenvalue weighted by Crippen LogP contribution is -2.36. The zero-order chi connectivity index (χ0) is 15.0. The number of hydrogen-bond donors (Lipinski definition) is 1. The van der Waals surface area contributed by atoms with Crippen LogP contribution in [0, 0.1) is 5.92 Å². The van der Waals surface area contributed by atoms with Crippen molar-refractivity contribution >= 4 is 5.91 Å². The van der Waals surface area contributed by atoms with Gasteiger partial charge in [-0.15, -0.1) is 0 Å². The van der Waals surface area contributed by atoms with Crippen LogP contribution in [0.5, 0.6) is 5.75 Å². The summed E-state index contributed by atoms with van der Waals surface area (Å²) in [5.41, 5.74) is 1.14. The fourth-order valence-corrected chi connectivity index (χ4v) is 3.04. The third-order valence-corrected chi connectivity index (χ3v) is 4.72. The summed E-state index contributed by atoms with van der Waals surface area (Å²) in [6, 6.07) is 8.40. The van der Waals surface area contributed by atoms with Crippen molar-refractivity contribution in [2.24, 2.45) is 5.92 Å². The van der Waals surface area contributed by atoms with Gasteiger partial charge in [0, 0.05) is 6.04 Å². The smallest absolute Gasteiger partial charge is 0.241 e. The molecule has 4 nitrogen and oxygen atoms in total. The molecule has 3 rings (SSSR count). The topological polar surface area (TPSA) is 41.6 Å². The van der Waals surface area contributed by atoms with Gasteiger partial charge in [-0.05, 0) is 36.5 Å². The molecule has 0 radical (unpaired) electrons. The maximum absolute atomic E-state index is 12.7. The molecule has 114 valence electrons. The average Bonchev–Trinajstić information content (AvgIpc) is 3.30. The monoisotopic (exact) mass is 288 g/mol. The van der Waals surface area contributed by atoms with Gasteiger partial charge in [0.25, 0.3) is 0 Å². The van der Waals surface area contributed by atoms with Crippen LogP contribution in [-0.2, 0) is 4.79 Å². The highest BCUT2D eigenvalue weighted by Gasteiger charge is 2.47. The number of hydrogen-bond acceptors (Lipinski definition) is 3. The molecular weight excluding hydrogens is 264 g/mol. The van der Waals surface area contributed by atoms with Gasteiger partial charge in [0.05, 0.1) is 13.2 Å². The Kier molecular flexibility index (Phi) is 3.89. The molecular formula is C17H24N2O2. The number of nitrogens with one attached hydrogen (secondary N) is 1. The lowest BCUT2D eigenvalue weighted by atomic mass is 9.99. The van der Waals surface area contributed by atoms with Gasteiger partial charge in [-0.25, -0.2) is 0 Å². The second-order valence-corrected chi connectivity index (χ2v) is 6.18. The molecule has 1 aromatic carbocycles. The van der Waals surface area contributed by atoms with Crippen LogP contribution in [0.3, 0.4) is 0 Å². The van der Waals surface area contributed by atoms with Crippen molar-refractivity contribution in [3.63, 3.8) is 0 Å². The van der Waals surface area contributed by atoms with E-state index in [-0.39, 0.29) is 18.1 Å². The predicted molar refractivity (Wildman–Crippen MR) is 82.0 cm³/mol. The maximum atomic E-state index is 12.7. The minimum atomic E-state index is -0.0531. The van der Waals surface area contributed by atoms with E-state index >= 15 is 0 Å². The first-order valence-electron chi connectivity index (χ1n) is 7.88. The molecule has 1 amide bonds. The molecule has 0 bridgehead atoms. The van der Waals surface area contributed by atoms with E-state index in [2.05, 4.69) is 36.2 Å². The Balaban J connectivity index is 1.86. The minimum absolute atomic E-state index is 0.00917. The second-order valence-electron chi connectivity index (χ2n) is 6.18. The van der Waals surface area contributed by atoms with E-state index in [1.165, 1.54) is 0 Å². The summed E-state index contributed by atoms with van der Waals surface area (Å²) < 4.78 is 5.22. The first-order valence-corrected chi connectivity index (χ1v) is 7.88. The van der Waals surface area contributed by atoms with Gasteiger partial charge < -0.3 is 9.64 Å². The summed E-state index contributed by atoms with van der Waals surface area (Å²) in [7, 11) is 1.67. The van der Waals surface area contributed by atoms with Crippen LogP contribution in [0.1, 0.15) is 44.8 Å². The molecule has 0 aromatic heterocycles. The molecule has 4 heteroatoms. The van der Waals surface area contributed by atoms with E-state index in [4.69, 9.17) is 4.74 Å². The molecule has 3 atom stereocenters. The van der Waals surface area contributed by atoms with Gasteiger partial charge in [0.2, 0.25) is 5.91 Å². The summed E-state index contributed by atoms with van der Waals surface area (Å²) in [4.78, 5) is 14.8. The van der Waals surface area contributed by atoms with Crippen molar-refractivity contribution in [2.45, 2.75) is 51.4 Å². The third-order valence-electron chi connectivity index (χ3n) is 4.72. The van der Waals surface area contributed by atoms with Crippen molar-refractivity contribution in [1.82, 2.24) is 10.2 Å². The lowest BCUT2D eigenvalue weighted by molar-refractivity contribution is -0.131. The number of carbonyl (C=O) groups is 1. The maximum Gasteiger partial charge on any atom is 0.241 e. The van der Waals surface area contributed by atoms with E-state index in [1.54, 1.807) is 7.11 Å². The fourth-order valence-electron chi connectivity index (χ4n) is 3.04. The Morgan fingerprint density at radius 1 is 1.33 bits per heavy atom. The third kappa shape index (κ3) is 2.64. The Labute approximate surface area is 126 Å². The molecule has 3 unspecified atom stereocenters. The van der Waals surface area contributed by atoms with Gasteiger partial charge in [-0.3, -0.25) is 10.1 Å². The van der Waals surface area contributed by atoms with Gasteiger partial charge in [0.1, 0.15) is 11.9 Å². The van der Waals surface area contributed by atoms with E-state index in [0.717, 1.165) is 30.6 Å². The number of benzene rings is 1. The quantitative estimate of drug-likeness (QED) is 0.906. The molecule has 1 saturated heterocycles. The highest BCUT2D eigenvalue weighted by molar-refractivity contribution is 5.85. The Morgan fingerprint density at radius 3 is 2.52 bits per heavy atom. The van der Waals surface area contributed by atoms with E-state index in [9.17, 15) is 4.79 Å². The highest BCUT2D eigenvalue weighted by Crippen LogP contribution is 2.39. The van der Waals surface area contributed by atoms with E-state index in [1.807, 2.05) is 12.1 Å². The van der Waals surface area contributed by atoms with Crippen LogP contribution in [0.2, 0.25) is 0 Å². The van der Waals surface area contributed by atoms with Crippen LogP contribution in [-0.4, -0.2) is 30.0 Å². The van der Waals surface area contributed by atoms with Crippen molar-refractivity contribution in [3.8, 4) is 5.75 Å². The molecule has 0 spiro atoms. The number of nitrogens with zero attached hydrogens (tertiary/aromatic N) is 1. The Bertz CT molecular complexity index is 510. The molecule has 21 heavy (non-hydrogen) atoms. The Hall–Kier alpha value is -1.55. The first-order chi connectivity index (χ1) is 10.2. The zero-order valence-corrected chi connectivity index (χ0v) is 13.0. The van der Waals surface area contributed by atoms with Crippen molar-refractivity contribution in [2.75, 3.05) is 7.11 Å².